The van der Waals surface area contributed by atoms with E-state index in [4.69, 9.17) is 5.73 Å². The third-order valence-corrected chi connectivity index (χ3v) is 4.62. The number of hydrogen-bond donors (Lipinski definition) is 1. The Morgan fingerprint density at radius 2 is 1.54 bits per heavy atom. The molecule has 0 bridgehead atoms. The number of nitriles is 1. The van der Waals surface area contributed by atoms with Crippen LogP contribution in [-0.4, -0.2) is 4.98 Å². The van der Waals surface area contributed by atoms with E-state index in [9.17, 15) is 5.26 Å². The molecular formula is C23H23N3. The average Bonchev–Trinajstić information content (AvgIpc) is 2.68. The minimum absolute atomic E-state index is 0.275. The number of hydrogen-bond acceptors (Lipinski definition) is 3. The number of nitrogen functional groups attached to an aromatic ring is 1. The van der Waals surface area contributed by atoms with Crippen molar-refractivity contribution >= 4 is 5.82 Å². The highest BCUT2D eigenvalue weighted by atomic mass is 14.8. The number of anilines is 1. The Kier molecular flexibility index (Phi) is 5.34. The van der Waals surface area contributed by atoms with Crippen LogP contribution < -0.4 is 5.73 Å². The molecule has 0 amide bonds. The van der Waals surface area contributed by atoms with Crippen LogP contribution in [0.3, 0.4) is 0 Å². The van der Waals surface area contributed by atoms with E-state index in [0.717, 1.165) is 41.6 Å². The Balaban J connectivity index is 2.08. The lowest BCUT2D eigenvalue weighted by Crippen LogP contribution is -2.00. The van der Waals surface area contributed by atoms with Crippen molar-refractivity contribution in [2.75, 3.05) is 5.73 Å². The number of benzene rings is 2. The maximum atomic E-state index is 9.55. The van der Waals surface area contributed by atoms with Crippen LogP contribution >= 0.6 is 0 Å². The van der Waals surface area contributed by atoms with Gasteiger partial charge in [-0.25, -0.2) is 4.98 Å². The minimum Gasteiger partial charge on any atom is -0.383 e. The van der Waals surface area contributed by atoms with Crippen LogP contribution in [0.4, 0.5) is 5.82 Å². The van der Waals surface area contributed by atoms with Gasteiger partial charge in [-0.15, -0.1) is 0 Å². The van der Waals surface area contributed by atoms with E-state index in [0.29, 0.717) is 5.56 Å². The Bertz CT molecular complexity index is 933. The summed E-state index contributed by atoms with van der Waals surface area (Å²) in [5, 5.41) is 9.55. The van der Waals surface area contributed by atoms with Crippen LogP contribution in [0.25, 0.3) is 22.4 Å². The summed E-state index contributed by atoms with van der Waals surface area (Å²) in [6.45, 7) is 4.30. The maximum absolute atomic E-state index is 9.55. The Hall–Kier alpha value is -3.12. The number of nitrogens with zero attached hydrogens (tertiary/aromatic N) is 2. The molecule has 0 aliphatic heterocycles. The van der Waals surface area contributed by atoms with Gasteiger partial charge in [-0.2, -0.15) is 5.26 Å². The Morgan fingerprint density at radius 1 is 0.923 bits per heavy atom. The normalized spacial score (nSPS) is 10.5. The molecule has 2 N–H and O–H groups in total. The number of nitrogens with two attached hydrogens (primary N) is 1. The maximum Gasteiger partial charge on any atom is 0.142 e. The molecule has 0 unspecified atom stereocenters. The summed E-state index contributed by atoms with van der Waals surface area (Å²) < 4.78 is 0. The summed E-state index contributed by atoms with van der Waals surface area (Å²) in [5.74, 6) is 0.275. The summed E-state index contributed by atoms with van der Waals surface area (Å²) in [4.78, 5) is 4.47. The highest BCUT2D eigenvalue weighted by Gasteiger charge is 2.13. The van der Waals surface area contributed by atoms with Crippen molar-refractivity contribution in [2.45, 2.75) is 33.1 Å². The number of rotatable bonds is 5. The zero-order valence-corrected chi connectivity index (χ0v) is 15.3. The van der Waals surface area contributed by atoms with Crippen molar-refractivity contribution < 1.29 is 0 Å². The van der Waals surface area contributed by atoms with Gasteiger partial charge in [0.2, 0.25) is 0 Å². The lowest BCUT2D eigenvalue weighted by atomic mass is 9.97. The molecule has 0 atom stereocenters. The quantitative estimate of drug-likeness (QED) is 0.677. The summed E-state index contributed by atoms with van der Waals surface area (Å²) in [7, 11) is 0. The van der Waals surface area contributed by atoms with Gasteiger partial charge in [0.25, 0.3) is 0 Å². The van der Waals surface area contributed by atoms with Crippen molar-refractivity contribution in [3.05, 3.63) is 71.3 Å². The first-order valence-corrected chi connectivity index (χ1v) is 9.05. The number of aryl methyl sites for hydroxylation is 2. The van der Waals surface area contributed by atoms with Crippen molar-refractivity contribution in [1.29, 1.82) is 5.26 Å². The lowest BCUT2D eigenvalue weighted by molar-refractivity contribution is 0.922. The second-order valence-corrected chi connectivity index (χ2v) is 6.42. The Morgan fingerprint density at radius 3 is 2.12 bits per heavy atom. The van der Waals surface area contributed by atoms with E-state index in [1.165, 1.54) is 11.1 Å². The van der Waals surface area contributed by atoms with Crippen molar-refractivity contribution in [2.24, 2.45) is 0 Å². The van der Waals surface area contributed by atoms with E-state index in [2.05, 4.69) is 61.3 Å². The topological polar surface area (TPSA) is 62.7 Å². The first-order valence-electron chi connectivity index (χ1n) is 9.05. The van der Waals surface area contributed by atoms with Gasteiger partial charge in [0.1, 0.15) is 17.5 Å². The standard InChI is InChI=1S/C23H23N3/c1-3-5-17-8-12-19(13-9-17)22-14-20(21(15-24)23(25)26-22)18-10-6-16(4-2)7-11-18/h6-14H,3-5H2,1-2H3,(H2,25,26). The number of aromatic nitrogens is 1. The molecule has 0 saturated carbocycles. The van der Waals surface area contributed by atoms with Crippen molar-refractivity contribution in [3.63, 3.8) is 0 Å². The summed E-state index contributed by atoms with van der Waals surface area (Å²) >= 11 is 0. The zero-order valence-electron chi connectivity index (χ0n) is 15.3. The summed E-state index contributed by atoms with van der Waals surface area (Å²) in [6.07, 6.45) is 3.18. The van der Waals surface area contributed by atoms with Crippen molar-refractivity contribution in [1.82, 2.24) is 4.98 Å². The Labute approximate surface area is 155 Å². The van der Waals surface area contributed by atoms with Gasteiger partial charge in [0, 0.05) is 11.1 Å². The molecule has 3 aromatic rings. The monoisotopic (exact) mass is 341 g/mol. The molecule has 0 aliphatic rings. The molecule has 3 heteroatoms. The van der Waals surface area contributed by atoms with Crippen LogP contribution in [0.1, 0.15) is 37.0 Å². The van der Waals surface area contributed by atoms with Gasteiger partial charge in [-0.1, -0.05) is 68.8 Å². The molecule has 0 saturated heterocycles. The first kappa shape index (κ1) is 17.7. The predicted molar refractivity (Wildman–Crippen MR) is 108 cm³/mol. The largest absolute Gasteiger partial charge is 0.383 e. The lowest BCUT2D eigenvalue weighted by Gasteiger charge is -2.11. The van der Waals surface area contributed by atoms with Gasteiger partial charge >= 0.3 is 0 Å². The third kappa shape index (κ3) is 3.60. The molecule has 0 aliphatic carbocycles. The SMILES string of the molecule is CCCc1ccc(-c2cc(-c3ccc(CC)cc3)c(C#N)c(N)n2)cc1. The van der Waals surface area contributed by atoms with Crippen LogP contribution in [-0.2, 0) is 12.8 Å². The highest BCUT2D eigenvalue weighted by molar-refractivity contribution is 5.80. The smallest absolute Gasteiger partial charge is 0.142 e. The molecule has 3 rings (SSSR count). The summed E-state index contributed by atoms with van der Waals surface area (Å²) in [5.41, 5.74) is 12.7. The van der Waals surface area contributed by atoms with Crippen LogP contribution in [0.15, 0.2) is 54.6 Å². The highest BCUT2D eigenvalue weighted by Crippen LogP contribution is 2.31. The third-order valence-electron chi connectivity index (χ3n) is 4.62. The fourth-order valence-electron chi connectivity index (χ4n) is 3.11. The van der Waals surface area contributed by atoms with Crippen LogP contribution in [0.2, 0.25) is 0 Å². The minimum atomic E-state index is 0.275. The van der Waals surface area contributed by atoms with E-state index < -0.39 is 0 Å². The molecular weight excluding hydrogens is 318 g/mol. The molecule has 1 aromatic heterocycles. The molecule has 26 heavy (non-hydrogen) atoms. The fraction of sp³-hybridized carbons (Fsp3) is 0.217. The average molecular weight is 341 g/mol. The molecule has 0 spiro atoms. The van der Waals surface area contributed by atoms with E-state index in [1.54, 1.807) is 0 Å². The second kappa shape index (κ2) is 7.84. The van der Waals surface area contributed by atoms with Gasteiger partial charge < -0.3 is 5.73 Å². The molecule has 0 fully saturated rings. The molecule has 3 nitrogen and oxygen atoms in total. The second-order valence-electron chi connectivity index (χ2n) is 6.42. The number of pyridine rings is 1. The molecule has 1 heterocycles. The van der Waals surface area contributed by atoms with Gasteiger partial charge in [0.15, 0.2) is 0 Å². The fourth-order valence-corrected chi connectivity index (χ4v) is 3.11. The van der Waals surface area contributed by atoms with Crippen molar-refractivity contribution in [3.8, 4) is 28.5 Å². The van der Waals surface area contributed by atoms with Crippen LogP contribution in [0, 0.1) is 11.3 Å². The van der Waals surface area contributed by atoms with E-state index in [-0.39, 0.29) is 5.82 Å². The van der Waals surface area contributed by atoms with Crippen LogP contribution in [0.5, 0.6) is 0 Å². The molecule has 130 valence electrons. The zero-order chi connectivity index (χ0) is 18.5. The van der Waals surface area contributed by atoms with E-state index in [1.807, 2.05) is 18.2 Å². The van der Waals surface area contributed by atoms with Gasteiger partial charge in [-0.3, -0.25) is 0 Å². The first-order chi connectivity index (χ1) is 12.7. The molecule has 0 radical (unpaired) electrons. The van der Waals surface area contributed by atoms with E-state index >= 15 is 0 Å². The molecule has 2 aromatic carbocycles. The summed E-state index contributed by atoms with van der Waals surface area (Å²) in [6, 6.07) is 20.8. The van der Waals surface area contributed by atoms with Gasteiger partial charge in [0.05, 0.1) is 5.69 Å². The predicted octanol–water partition coefficient (Wildman–Crippen LogP) is 5.38. The van der Waals surface area contributed by atoms with Gasteiger partial charge in [-0.05, 0) is 35.6 Å².